The average Bonchev–Trinajstić information content (AvgIpc) is 2.92. The molecule has 3 heteroatoms. The first-order valence-electron chi connectivity index (χ1n) is 8.10. The van der Waals surface area contributed by atoms with Crippen molar-refractivity contribution in [2.75, 3.05) is 13.1 Å². The number of aromatic nitrogens is 1. The van der Waals surface area contributed by atoms with Gasteiger partial charge in [0.2, 0.25) is 5.91 Å². The first-order valence-corrected chi connectivity index (χ1v) is 8.10. The van der Waals surface area contributed by atoms with Crippen molar-refractivity contribution < 1.29 is 4.79 Å². The van der Waals surface area contributed by atoms with E-state index in [-0.39, 0.29) is 5.91 Å². The standard InChI is InChI=1S/C19H24N2O/c1-13(2)11-18(22)21-9-7-15(8-10-21)17-12-20-19-14(3)5-4-6-16(17)19/h4-7,12-13,20H,8-11H2,1-3H3. The number of carbonyl (C=O) groups excluding carboxylic acids is 1. The number of hydrogen-bond acceptors (Lipinski definition) is 1. The molecule has 0 aliphatic carbocycles. The van der Waals surface area contributed by atoms with Crippen molar-refractivity contribution >= 4 is 22.4 Å². The summed E-state index contributed by atoms with van der Waals surface area (Å²) < 4.78 is 0. The summed E-state index contributed by atoms with van der Waals surface area (Å²) in [5.74, 6) is 0.703. The van der Waals surface area contributed by atoms with Gasteiger partial charge in [0.25, 0.3) is 0 Å². The van der Waals surface area contributed by atoms with Gasteiger partial charge < -0.3 is 9.88 Å². The molecule has 1 N–H and O–H groups in total. The average molecular weight is 296 g/mol. The zero-order valence-corrected chi connectivity index (χ0v) is 13.6. The van der Waals surface area contributed by atoms with Gasteiger partial charge in [-0.1, -0.05) is 38.1 Å². The normalized spacial score (nSPS) is 15.5. The van der Waals surface area contributed by atoms with E-state index in [1.165, 1.54) is 27.6 Å². The summed E-state index contributed by atoms with van der Waals surface area (Å²) in [6, 6.07) is 6.41. The minimum absolute atomic E-state index is 0.278. The van der Waals surface area contributed by atoms with E-state index < -0.39 is 0 Å². The van der Waals surface area contributed by atoms with Crippen LogP contribution in [0.1, 0.15) is 37.8 Å². The minimum Gasteiger partial charge on any atom is -0.360 e. The Kier molecular flexibility index (Phi) is 4.06. The first-order chi connectivity index (χ1) is 10.6. The molecule has 3 nitrogen and oxygen atoms in total. The number of para-hydroxylation sites is 1. The summed E-state index contributed by atoms with van der Waals surface area (Å²) in [6.07, 6.45) is 5.90. The fourth-order valence-corrected chi connectivity index (χ4v) is 3.19. The molecule has 0 atom stereocenters. The number of hydrogen-bond donors (Lipinski definition) is 1. The Morgan fingerprint density at radius 2 is 2.18 bits per heavy atom. The first kappa shape index (κ1) is 14.9. The number of H-pyrrole nitrogens is 1. The summed E-state index contributed by atoms with van der Waals surface area (Å²) in [6.45, 7) is 7.88. The highest BCUT2D eigenvalue weighted by atomic mass is 16.2. The van der Waals surface area contributed by atoms with E-state index in [9.17, 15) is 4.79 Å². The van der Waals surface area contributed by atoms with Crippen LogP contribution in [0.5, 0.6) is 0 Å². The van der Waals surface area contributed by atoms with Gasteiger partial charge >= 0.3 is 0 Å². The number of benzene rings is 1. The number of rotatable bonds is 3. The smallest absolute Gasteiger partial charge is 0.223 e. The Balaban J connectivity index is 1.81. The zero-order valence-electron chi connectivity index (χ0n) is 13.6. The summed E-state index contributed by atoms with van der Waals surface area (Å²) in [4.78, 5) is 17.5. The summed E-state index contributed by atoms with van der Waals surface area (Å²) in [7, 11) is 0. The molecule has 1 aliphatic heterocycles. The molecule has 1 aromatic heterocycles. The number of nitrogens with one attached hydrogen (secondary N) is 1. The van der Waals surface area contributed by atoms with Gasteiger partial charge in [0.1, 0.15) is 0 Å². The Hall–Kier alpha value is -2.03. The van der Waals surface area contributed by atoms with Gasteiger partial charge in [-0.3, -0.25) is 4.79 Å². The van der Waals surface area contributed by atoms with E-state index in [1.807, 2.05) is 4.90 Å². The zero-order chi connectivity index (χ0) is 15.7. The van der Waals surface area contributed by atoms with Gasteiger partial charge in [0.05, 0.1) is 0 Å². The molecule has 1 aromatic carbocycles. The van der Waals surface area contributed by atoms with Crippen LogP contribution in [0.3, 0.4) is 0 Å². The molecule has 22 heavy (non-hydrogen) atoms. The summed E-state index contributed by atoms with van der Waals surface area (Å²) >= 11 is 0. The quantitative estimate of drug-likeness (QED) is 0.908. The Morgan fingerprint density at radius 3 is 2.86 bits per heavy atom. The van der Waals surface area contributed by atoms with Crippen molar-refractivity contribution in [2.24, 2.45) is 5.92 Å². The predicted octanol–water partition coefficient (Wildman–Crippen LogP) is 4.14. The van der Waals surface area contributed by atoms with Crippen LogP contribution in [0.4, 0.5) is 0 Å². The van der Waals surface area contributed by atoms with Crippen LogP contribution < -0.4 is 0 Å². The fraction of sp³-hybridized carbons (Fsp3) is 0.421. The molecule has 0 saturated heterocycles. The monoisotopic (exact) mass is 296 g/mol. The van der Waals surface area contributed by atoms with Crippen molar-refractivity contribution in [3.05, 3.63) is 41.6 Å². The Bertz CT molecular complexity index is 724. The third-order valence-corrected chi connectivity index (χ3v) is 4.41. The molecule has 3 rings (SSSR count). The predicted molar refractivity (Wildman–Crippen MR) is 91.7 cm³/mol. The molecule has 0 fully saturated rings. The third kappa shape index (κ3) is 2.80. The van der Waals surface area contributed by atoms with Gasteiger partial charge in [-0.2, -0.15) is 0 Å². The number of amides is 1. The van der Waals surface area contributed by atoms with Crippen molar-refractivity contribution in [3.8, 4) is 0 Å². The van der Waals surface area contributed by atoms with E-state index >= 15 is 0 Å². The summed E-state index contributed by atoms with van der Waals surface area (Å²) in [5.41, 5.74) is 5.13. The molecule has 0 saturated carbocycles. The van der Waals surface area contributed by atoms with E-state index in [0.29, 0.717) is 12.3 Å². The van der Waals surface area contributed by atoms with Gasteiger partial charge in [-0.25, -0.2) is 0 Å². The molecule has 2 aromatic rings. The molecule has 1 amide bonds. The highest BCUT2D eigenvalue weighted by molar-refractivity contribution is 5.94. The minimum atomic E-state index is 0.278. The van der Waals surface area contributed by atoms with Crippen LogP contribution in [0, 0.1) is 12.8 Å². The lowest BCUT2D eigenvalue weighted by Crippen LogP contribution is -2.35. The second-order valence-electron chi connectivity index (χ2n) is 6.62. The number of fused-ring (bicyclic) bond motifs is 1. The van der Waals surface area contributed by atoms with Crippen LogP contribution in [0.2, 0.25) is 0 Å². The molecular weight excluding hydrogens is 272 g/mol. The largest absolute Gasteiger partial charge is 0.360 e. The van der Waals surface area contributed by atoms with Gasteiger partial charge in [-0.05, 0) is 30.4 Å². The highest BCUT2D eigenvalue weighted by Gasteiger charge is 2.20. The Morgan fingerprint density at radius 1 is 1.36 bits per heavy atom. The highest BCUT2D eigenvalue weighted by Crippen LogP contribution is 2.30. The number of aryl methyl sites for hydroxylation is 1. The maximum atomic E-state index is 12.1. The van der Waals surface area contributed by atoms with Crippen LogP contribution in [-0.4, -0.2) is 28.9 Å². The third-order valence-electron chi connectivity index (χ3n) is 4.41. The molecule has 2 heterocycles. The molecule has 116 valence electrons. The molecule has 0 unspecified atom stereocenters. The molecule has 0 spiro atoms. The summed E-state index contributed by atoms with van der Waals surface area (Å²) in [5, 5.41) is 1.29. The van der Waals surface area contributed by atoms with Crippen LogP contribution in [0.25, 0.3) is 16.5 Å². The van der Waals surface area contributed by atoms with Crippen molar-refractivity contribution in [1.82, 2.24) is 9.88 Å². The van der Waals surface area contributed by atoms with Crippen LogP contribution in [-0.2, 0) is 4.79 Å². The number of carbonyl (C=O) groups is 1. The van der Waals surface area contributed by atoms with Crippen molar-refractivity contribution in [3.63, 3.8) is 0 Å². The van der Waals surface area contributed by atoms with Gasteiger partial charge in [0.15, 0.2) is 0 Å². The van der Waals surface area contributed by atoms with E-state index in [2.05, 4.69) is 56.2 Å². The maximum absolute atomic E-state index is 12.1. The molecule has 0 bridgehead atoms. The van der Waals surface area contributed by atoms with Crippen molar-refractivity contribution in [1.29, 1.82) is 0 Å². The maximum Gasteiger partial charge on any atom is 0.223 e. The lowest BCUT2D eigenvalue weighted by molar-refractivity contribution is -0.131. The lowest BCUT2D eigenvalue weighted by Gasteiger charge is -2.27. The molecular formula is C19H24N2O. The lowest BCUT2D eigenvalue weighted by atomic mass is 9.97. The fourth-order valence-electron chi connectivity index (χ4n) is 3.19. The number of aromatic amines is 1. The van der Waals surface area contributed by atoms with E-state index in [0.717, 1.165) is 19.5 Å². The topological polar surface area (TPSA) is 36.1 Å². The van der Waals surface area contributed by atoms with E-state index in [4.69, 9.17) is 0 Å². The van der Waals surface area contributed by atoms with Crippen LogP contribution >= 0.6 is 0 Å². The SMILES string of the molecule is Cc1cccc2c(C3=CCN(C(=O)CC(C)C)CC3)c[nH]c12. The Labute approximate surface area is 132 Å². The van der Waals surface area contributed by atoms with Gasteiger partial charge in [-0.15, -0.1) is 0 Å². The number of nitrogens with zero attached hydrogens (tertiary/aromatic N) is 1. The second-order valence-corrected chi connectivity index (χ2v) is 6.62. The van der Waals surface area contributed by atoms with E-state index in [1.54, 1.807) is 0 Å². The molecule has 1 aliphatic rings. The molecule has 0 radical (unpaired) electrons. The van der Waals surface area contributed by atoms with Gasteiger partial charge in [0, 0.05) is 42.2 Å². The second kappa shape index (κ2) is 5.99. The van der Waals surface area contributed by atoms with Crippen LogP contribution in [0.15, 0.2) is 30.5 Å². The van der Waals surface area contributed by atoms with Crippen molar-refractivity contribution in [2.45, 2.75) is 33.6 Å².